The molecule has 0 saturated heterocycles. The number of benzene rings is 2. The summed E-state index contributed by atoms with van der Waals surface area (Å²) in [6.07, 6.45) is -0.0432. The van der Waals surface area contributed by atoms with Gasteiger partial charge in [-0.05, 0) is 47.4 Å². The lowest BCUT2D eigenvalue weighted by Crippen LogP contribution is -2.41. The molecule has 2 aromatic carbocycles. The quantitative estimate of drug-likeness (QED) is 0.176. The summed E-state index contributed by atoms with van der Waals surface area (Å²) in [6.45, 7) is 1.14. The number of aliphatic hydroxyl groups is 1. The van der Waals surface area contributed by atoms with Crippen molar-refractivity contribution in [3.8, 4) is 11.1 Å². The first-order valence-electron chi connectivity index (χ1n) is 11.6. The van der Waals surface area contributed by atoms with Gasteiger partial charge in [0, 0.05) is 29.5 Å². The van der Waals surface area contributed by atoms with Gasteiger partial charge in [0.25, 0.3) is 5.91 Å². The molecule has 0 radical (unpaired) electrons. The Labute approximate surface area is 222 Å². The number of esters is 2. The highest BCUT2D eigenvalue weighted by molar-refractivity contribution is 6.30. The van der Waals surface area contributed by atoms with Crippen LogP contribution in [0.4, 0.5) is 4.39 Å². The Morgan fingerprint density at radius 2 is 1.89 bits per heavy atom. The third-order valence-electron chi connectivity index (χ3n) is 5.38. The average molecular weight is 549 g/mol. The van der Waals surface area contributed by atoms with Crippen LogP contribution < -0.4 is 5.32 Å². The van der Waals surface area contributed by atoms with Crippen LogP contribution in [0.25, 0.3) is 11.1 Å². The van der Waals surface area contributed by atoms with Gasteiger partial charge in [0.15, 0.2) is 11.8 Å². The van der Waals surface area contributed by atoms with Crippen LogP contribution in [0.3, 0.4) is 0 Å². The Hall–Kier alpha value is -4.03. The van der Waals surface area contributed by atoms with Gasteiger partial charge in [-0.25, -0.2) is 9.18 Å². The topological polar surface area (TPSA) is 153 Å². The molecule has 0 fully saturated rings. The molecule has 3 N–H and O–H groups in total. The minimum atomic E-state index is -1.65. The minimum Gasteiger partial charge on any atom is -0.428 e. The average Bonchev–Trinajstić information content (AvgIpc) is 3.32. The van der Waals surface area contributed by atoms with E-state index in [9.17, 15) is 29.1 Å². The lowest BCUT2D eigenvalue weighted by Gasteiger charge is -2.21. The number of amides is 1. The number of carbonyl (C=O) groups is 3. The molecule has 0 spiro atoms. The van der Waals surface area contributed by atoms with E-state index in [1.165, 1.54) is 18.2 Å². The van der Waals surface area contributed by atoms with Crippen LogP contribution in [0.15, 0.2) is 48.7 Å². The smallest absolute Gasteiger partial charge is 0.337 e. The van der Waals surface area contributed by atoms with E-state index >= 15 is 0 Å². The van der Waals surface area contributed by atoms with Gasteiger partial charge in [0.1, 0.15) is 5.82 Å². The van der Waals surface area contributed by atoms with E-state index in [2.05, 4.69) is 15.6 Å². The summed E-state index contributed by atoms with van der Waals surface area (Å²) in [5, 5.41) is 29.5. The molecule has 2 atom stereocenters. The molecular weight excluding hydrogens is 523 g/mol. The van der Waals surface area contributed by atoms with Gasteiger partial charge in [-0.2, -0.15) is 0 Å². The van der Waals surface area contributed by atoms with E-state index in [0.717, 1.165) is 6.20 Å². The van der Waals surface area contributed by atoms with Crippen molar-refractivity contribution in [1.82, 2.24) is 20.5 Å². The fourth-order valence-corrected chi connectivity index (χ4v) is 3.70. The van der Waals surface area contributed by atoms with Crippen molar-refractivity contribution >= 4 is 29.4 Å². The predicted molar refractivity (Wildman–Crippen MR) is 132 cm³/mol. The number of aromatic nitrogens is 3. The first-order chi connectivity index (χ1) is 18.2. The number of nitrogens with zero attached hydrogens (tertiary/aromatic N) is 3. The number of rotatable bonds is 12. The second-order valence-electron chi connectivity index (χ2n) is 8.32. The van der Waals surface area contributed by atoms with Crippen molar-refractivity contribution in [2.45, 2.75) is 44.8 Å². The number of hydrogen-bond acceptors (Lipinski definition) is 9. The second-order valence-corrected chi connectivity index (χ2v) is 8.76. The first kappa shape index (κ1) is 28.5. The van der Waals surface area contributed by atoms with Crippen LogP contribution in [-0.2, 0) is 25.5 Å². The Kier molecular flexibility index (Phi) is 10.1. The molecule has 1 heterocycles. The molecular formula is C25H26ClFN4O7. The third kappa shape index (κ3) is 8.25. The number of nitrogens with one attached hydrogen (secondary N) is 1. The van der Waals surface area contributed by atoms with Crippen molar-refractivity contribution in [1.29, 1.82) is 0 Å². The van der Waals surface area contributed by atoms with Crippen LogP contribution in [0.1, 0.15) is 42.2 Å². The summed E-state index contributed by atoms with van der Waals surface area (Å²) in [7, 11) is 0. The normalized spacial score (nSPS) is 12.4. The summed E-state index contributed by atoms with van der Waals surface area (Å²) < 4.78 is 23.8. The zero-order valence-corrected chi connectivity index (χ0v) is 21.1. The molecule has 0 aliphatic carbocycles. The van der Waals surface area contributed by atoms with Crippen LogP contribution in [0.2, 0.25) is 5.02 Å². The molecule has 0 aliphatic rings. The largest absolute Gasteiger partial charge is 0.428 e. The molecule has 202 valence electrons. The van der Waals surface area contributed by atoms with Gasteiger partial charge in [-0.1, -0.05) is 47.6 Å². The van der Waals surface area contributed by atoms with Crippen LogP contribution in [0.5, 0.6) is 0 Å². The molecule has 3 aromatic rings. The fraction of sp³-hybridized carbons (Fsp3) is 0.320. The highest BCUT2D eigenvalue weighted by Crippen LogP contribution is 2.26. The number of halogens is 2. The van der Waals surface area contributed by atoms with Crippen LogP contribution in [-0.4, -0.2) is 62.3 Å². The summed E-state index contributed by atoms with van der Waals surface area (Å²) in [6, 6.07) is 10.2. The lowest BCUT2D eigenvalue weighted by molar-refractivity contribution is -0.173. The molecule has 0 saturated carbocycles. The summed E-state index contributed by atoms with van der Waals surface area (Å²) in [5.74, 6) is -2.73. The Bertz CT molecular complexity index is 1270. The van der Waals surface area contributed by atoms with Gasteiger partial charge in [-0.15, -0.1) is 5.10 Å². The van der Waals surface area contributed by atoms with Gasteiger partial charge >= 0.3 is 11.9 Å². The van der Waals surface area contributed by atoms with Crippen molar-refractivity contribution in [2.75, 3.05) is 6.79 Å². The number of ether oxygens (including phenoxy) is 2. The Balaban J connectivity index is 1.70. The van der Waals surface area contributed by atoms with Crippen LogP contribution in [0, 0.1) is 5.82 Å². The van der Waals surface area contributed by atoms with Crippen molar-refractivity contribution in [3.63, 3.8) is 0 Å². The lowest BCUT2D eigenvalue weighted by atomic mass is 9.97. The Morgan fingerprint density at radius 1 is 1.16 bits per heavy atom. The fourth-order valence-electron chi connectivity index (χ4n) is 3.53. The maximum atomic E-state index is 14.2. The monoisotopic (exact) mass is 548 g/mol. The molecule has 13 heteroatoms. The molecule has 0 aliphatic heterocycles. The predicted octanol–water partition coefficient (Wildman–Crippen LogP) is 2.91. The van der Waals surface area contributed by atoms with E-state index in [0.29, 0.717) is 33.0 Å². The van der Waals surface area contributed by atoms with Gasteiger partial charge in [0.2, 0.25) is 6.79 Å². The molecule has 1 amide bonds. The number of aliphatic hydroxyl groups excluding tert-OH is 1. The highest BCUT2D eigenvalue weighted by atomic mass is 35.5. The molecule has 0 unspecified atom stereocenters. The van der Waals surface area contributed by atoms with E-state index in [-0.39, 0.29) is 25.0 Å². The zero-order chi connectivity index (χ0) is 27.7. The van der Waals surface area contributed by atoms with E-state index in [1.807, 2.05) is 0 Å². The maximum Gasteiger partial charge on any atom is 0.337 e. The van der Waals surface area contributed by atoms with Gasteiger partial charge < -0.3 is 25.1 Å². The molecule has 38 heavy (non-hydrogen) atoms. The van der Waals surface area contributed by atoms with Crippen molar-refractivity contribution in [2.24, 2.45) is 0 Å². The molecule has 11 nitrogen and oxygen atoms in total. The molecule has 3 rings (SSSR count). The van der Waals surface area contributed by atoms with Gasteiger partial charge in [-0.3, -0.25) is 9.59 Å². The minimum absolute atomic E-state index is 0.160. The highest BCUT2D eigenvalue weighted by Gasteiger charge is 2.25. The zero-order valence-electron chi connectivity index (χ0n) is 20.3. The summed E-state index contributed by atoms with van der Waals surface area (Å²) in [5.41, 5.74) is 1.40. The summed E-state index contributed by atoms with van der Waals surface area (Å²) in [4.78, 5) is 36.6. The second kappa shape index (κ2) is 13.5. The SMILES string of the molecule is CCCC(=O)OCOC(=O)[C@H](O)C[C@@H](Cc1ccc(-c2cc(Cl)ccc2F)cc1)NC(=O)c1cn(O)nn1. The van der Waals surface area contributed by atoms with Crippen molar-refractivity contribution in [3.05, 3.63) is 70.8 Å². The Morgan fingerprint density at radius 3 is 2.55 bits per heavy atom. The number of carbonyl (C=O) groups excluding carboxylic acids is 3. The summed E-state index contributed by atoms with van der Waals surface area (Å²) >= 11 is 5.98. The van der Waals surface area contributed by atoms with Gasteiger partial charge in [0.05, 0.1) is 6.20 Å². The van der Waals surface area contributed by atoms with E-state index in [1.54, 1.807) is 31.2 Å². The first-order valence-corrected chi connectivity index (χ1v) is 12.0. The standard InChI is InChI=1S/C25H26ClFN4O7/c1-2-3-23(33)37-14-38-25(35)22(32)12-18(28-24(34)21-13-31(36)30-29-21)10-15-4-6-16(7-5-15)19-11-17(26)8-9-20(19)27/h4-9,11,13,18,22,32,36H,2-3,10,12,14H2,1H3,(H,28,34)/t18-,22-/m1/s1. The van der Waals surface area contributed by atoms with Crippen LogP contribution >= 0.6 is 11.6 Å². The molecule has 0 bridgehead atoms. The molecule has 1 aromatic heterocycles. The van der Waals surface area contributed by atoms with E-state index < -0.39 is 42.6 Å². The van der Waals surface area contributed by atoms with E-state index in [4.69, 9.17) is 21.1 Å². The number of hydrogen-bond donors (Lipinski definition) is 3. The third-order valence-corrected chi connectivity index (χ3v) is 5.62. The van der Waals surface area contributed by atoms with Crippen molar-refractivity contribution < 1.29 is 38.6 Å². The maximum absolute atomic E-state index is 14.2.